The summed E-state index contributed by atoms with van der Waals surface area (Å²) in [5, 5.41) is 2.80. The van der Waals surface area contributed by atoms with Gasteiger partial charge in [-0.15, -0.1) is 0 Å². The van der Waals surface area contributed by atoms with Gasteiger partial charge in [0.25, 0.3) is 0 Å². The summed E-state index contributed by atoms with van der Waals surface area (Å²) < 4.78 is 28.6. The van der Waals surface area contributed by atoms with E-state index in [1.807, 2.05) is 31.2 Å². The summed E-state index contributed by atoms with van der Waals surface area (Å²) in [6.07, 6.45) is 1.21. The highest BCUT2D eigenvalue weighted by atomic mass is 32.2. The summed E-state index contributed by atoms with van der Waals surface area (Å²) >= 11 is 0. The van der Waals surface area contributed by atoms with Crippen LogP contribution in [-0.4, -0.2) is 57.1 Å². The van der Waals surface area contributed by atoms with Crippen molar-refractivity contribution in [2.45, 2.75) is 25.8 Å². The lowest BCUT2D eigenvalue weighted by molar-refractivity contribution is 0.194. The van der Waals surface area contributed by atoms with Crippen LogP contribution in [0.15, 0.2) is 24.3 Å². The van der Waals surface area contributed by atoms with Gasteiger partial charge in [-0.05, 0) is 31.4 Å². The van der Waals surface area contributed by atoms with Gasteiger partial charge < -0.3 is 15.0 Å². The highest BCUT2D eigenvalue weighted by molar-refractivity contribution is 7.91. The molecule has 2 amide bonds. The molecule has 7 heteroatoms. The van der Waals surface area contributed by atoms with Crippen molar-refractivity contribution in [2.24, 2.45) is 0 Å². The Morgan fingerprint density at radius 1 is 1.39 bits per heavy atom. The van der Waals surface area contributed by atoms with Crippen molar-refractivity contribution in [3.63, 3.8) is 0 Å². The molecular weight excluding hydrogens is 316 g/mol. The van der Waals surface area contributed by atoms with E-state index in [1.165, 1.54) is 4.90 Å². The Morgan fingerprint density at radius 3 is 2.78 bits per heavy atom. The molecule has 0 spiro atoms. The van der Waals surface area contributed by atoms with Crippen molar-refractivity contribution in [3.8, 4) is 5.75 Å². The second-order valence-corrected chi connectivity index (χ2v) is 8.10. The van der Waals surface area contributed by atoms with Gasteiger partial charge in [-0.1, -0.05) is 18.2 Å². The van der Waals surface area contributed by atoms with Crippen molar-refractivity contribution in [1.82, 2.24) is 10.2 Å². The summed E-state index contributed by atoms with van der Waals surface area (Å²) in [5.41, 5.74) is 1.08. The first-order valence-corrected chi connectivity index (χ1v) is 9.61. The Balaban J connectivity index is 1.66. The standard InChI is InChI=1S/C16H24N2O4S/c1-13-6-3-4-7-15(13)22-10-5-9-17-16(19)18(2)14-8-11-23(20,21)12-14/h3-4,6-7,14H,5,8-12H2,1-2H3,(H,17,19). The van der Waals surface area contributed by atoms with Crippen molar-refractivity contribution < 1.29 is 17.9 Å². The number of carbonyl (C=O) groups is 1. The number of benzene rings is 1. The van der Waals surface area contributed by atoms with E-state index in [0.29, 0.717) is 26.0 Å². The molecule has 23 heavy (non-hydrogen) atoms. The van der Waals surface area contributed by atoms with Crippen LogP contribution in [0.25, 0.3) is 0 Å². The largest absolute Gasteiger partial charge is 0.493 e. The topological polar surface area (TPSA) is 75.7 Å². The molecule has 2 rings (SSSR count). The maximum absolute atomic E-state index is 12.0. The minimum Gasteiger partial charge on any atom is -0.493 e. The molecule has 1 fully saturated rings. The number of urea groups is 1. The lowest BCUT2D eigenvalue weighted by atomic mass is 10.2. The molecule has 1 N–H and O–H groups in total. The number of carbonyl (C=O) groups excluding carboxylic acids is 1. The van der Waals surface area contributed by atoms with Gasteiger partial charge >= 0.3 is 6.03 Å². The molecule has 1 aliphatic heterocycles. The Hall–Kier alpha value is -1.76. The zero-order valence-corrected chi connectivity index (χ0v) is 14.4. The number of nitrogens with zero attached hydrogens (tertiary/aromatic N) is 1. The Kier molecular flexibility index (Phi) is 5.87. The normalized spacial score (nSPS) is 19.3. The monoisotopic (exact) mass is 340 g/mol. The zero-order chi connectivity index (χ0) is 16.9. The predicted molar refractivity (Wildman–Crippen MR) is 89.5 cm³/mol. The number of aryl methyl sites for hydroxylation is 1. The molecule has 1 aromatic carbocycles. The van der Waals surface area contributed by atoms with Crippen molar-refractivity contribution >= 4 is 15.9 Å². The number of sulfone groups is 1. The molecular formula is C16H24N2O4S. The van der Waals surface area contributed by atoms with Crippen LogP contribution in [0, 0.1) is 6.92 Å². The van der Waals surface area contributed by atoms with Crippen molar-refractivity contribution in [2.75, 3.05) is 31.7 Å². The first-order chi connectivity index (χ1) is 10.9. The maximum Gasteiger partial charge on any atom is 0.317 e. The molecule has 1 aliphatic rings. The lowest BCUT2D eigenvalue weighted by Gasteiger charge is -2.23. The summed E-state index contributed by atoms with van der Waals surface area (Å²) in [5.74, 6) is 1.08. The molecule has 1 saturated heterocycles. The van der Waals surface area contributed by atoms with E-state index < -0.39 is 9.84 Å². The van der Waals surface area contributed by atoms with Crippen LogP contribution in [-0.2, 0) is 9.84 Å². The molecule has 0 aliphatic carbocycles. The first-order valence-electron chi connectivity index (χ1n) is 7.78. The minimum absolute atomic E-state index is 0.0628. The highest BCUT2D eigenvalue weighted by Crippen LogP contribution is 2.17. The van der Waals surface area contributed by atoms with Gasteiger partial charge in [0.2, 0.25) is 0 Å². The van der Waals surface area contributed by atoms with Crippen LogP contribution >= 0.6 is 0 Å². The number of para-hydroxylation sites is 1. The second-order valence-electron chi connectivity index (χ2n) is 5.87. The minimum atomic E-state index is -2.98. The van der Waals surface area contributed by atoms with Gasteiger partial charge in [0.15, 0.2) is 9.84 Å². The number of nitrogens with one attached hydrogen (secondary N) is 1. The van der Waals surface area contributed by atoms with Crippen LogP contribution < -0.4 is 10.1 Å². The van der Waals surface area contributed by atoms with Gasteiger partial charge in [0.05, 0.1) is 18.1 Å². The average molecular weight is 340 g/mol. The number of hydrogen-bond acceptors (Lipinski definition) is 4. The van der Waals surface area contributed by atoms with Gasteiger partial charge in [-0.2, -0.15) is 0 Å². The Morgan fingerprint density at radius 2 is 2.13 bits per heavy atom. The van der Waals surface area contributed by atoms with Crippen LogP contribution in [0.1, 0.15) is 18.4 Å². The summed E-state index contributed by atoms with van der Waals surface area (Å²) in [6, 6.07) is 7.34. The van der Waals surface area contributed by atoms with E-state index in [4.69, 9.17) is 4.74 Å². The molecule has 1 aromatic rings. The van der Waals surface area contributed by atoms with E-state index in [0.717, 1.165) is 11.3 Å². The lowest BCUT2D eigenvalue weighted by Crippen LogP contribution is -2.44. The van der Waals surface area contributed by atoms with E-state index >= 15 is 0 Å². The van der Waals surface area contributed by atoms with Gasteiger partial charge in [-0.25, -0.2) is 13.2 Å². The smallest absolute Gasteiger partial charge is 0.317 e. The number of hydrogen-bond donors (Lipinski definition) is 1. The van der Waals surface area contributed by atoms with E-state index in [-0.39, 0.29) is 23.6 Å². The zero-order valence-electron chi connectivity index (χ0n) is 13.6. The molecule has 128 valence electrons. The van der Waals surface area contributed by atoms with Crippen molar-refractivity contribution in [3.05, 3.63) is 29.8 Å². The molecule has 0 radical (unpaired) electrons. The highest BCUT2D eigenvalue weighted by Gasteiger charge is 2.32. The summed E-state index contributed by atoms with van der Waals surface area (Å²) in [7, 11) is -1.34. The average Bonchev–Trinajstić information content (AvgIpc) is 2.87. The van der Waals surface area contributed by atoms with Gasteiger partial charge in [0.1, 0.15) is 5.75 Å². The van der Waals surface area contributed by atoms with E-state index in [1.54, 1.807) is 7.05 Å². The molecule has 1 atom stereocenters. The Labute approximate surface area is 137 Å². The number of amides is 2. The van der Waals surface area contributed by atoms with E-state index in [2.05, 4.69) is 5.32 Å². The molecule has 1 heterocycles. The second kappa shape index (κ2) is 7.68. The van der Waals surface area contributed by atoms with Gasteiger partial charge in [0, 0.05) is 19.6 Å². The molecule has 1 unspecified atom stereocenters. The predicted octanol–water partition coefficient (Wildman–Crippen LogP) is 1.59. The molecule has 0 aromatic heterocycles. The number of ether oxygens (including phenoxy) is 1. The molecule has 6 nitrogen and oxygen atoms in total. The fourth-order valence-corrected chi connectivity index (χ4v) is 4.31. The van der Waals surface area contributed by atoms with E-state index in [9.17, 15) is 13.2 Å². The van der Waals surface area contributed by atoms with Gasteiger partial charge in [-0.3, -0.25) is 0 Å². The third-order valence-corrected chi connectivity index (χ3v) is 5.78. The van der Waals surface area contributed by atoms with Crippen LogP contribution in [0.4, 0.5) is 4.79 Å². The van der Waals surface area contributed by atoms with Crippen molar-refractivity contribution in [1.29, 1.82) is 0 Å². The summed E-state index contributed by atoms with van der Waals surface area (Å²) in [4.78, 5) is 13.5. The third kappa shape index (κ3) is 5.13. The molecule has 0 saturated carbocycles. The fourth-order valence-electron chi connectivity index (χ4n) is 2.54. The maximum atomic E-state index is 12.0. The quantitative estimate of drug-likeness (QED) is 0.798. The first kappa shape index (κ1) is 17.6. The van der Waals surface area contributed by atoms with Crippen LogP contribution in [0.5, 0.6) is 5.75 Å². The Bertz CT molecular complexity index is 645. The van der Waals surface area contributed by atoms with Crippen LogP contribution in [0.3, 0.4) is 0 Å². The summed E-state index contributed by atoms with van der Waals surface area (Å²) in [6.45, 7) is 3.00. The SMILES string of the molecule is Cc1ccccc1OCCCNC(=O)N(C)C1CCS(=O)(=O)C1. The molecule has 0 bridgehead atoms. The van der Waals surface area contributed by atoms with Crippen LogP contribution in [0.2, 0.25) is 0 Å². The fraction of sp³-hybridized carbons (Fsp3) is 0.562. The number of rotatable bonds is 6. The third-order valence-electron chi connectivity index (χ3n) is 4.02.